The summed E-state index contributed by atoms with van der Waals surface area (Å²) >= 11 is 0. The van der Waals surface area contributed by atoms with Gasteiger partial charge in [-0.25, -0.2) is 0 Å². The van der Waals surface area contributed by atoms with Crippen LogP contribution < -0.4 is 0 Å². The van der Waals surface area contributed by atoms with Gasteiger partial charge in [0.2, 0.25) is 0 Å². The van der Waals surface area contributed by atoms with Gasteiger partial charge in [0.25, 0.3) is 0 Å². The number of hydrogen-bond acceptors (Lipinski definition) is 2. The second-order valence-electron chi connectivity index (χ2n) is 2.37. The second-order valence-corrected chi connectivity index (χ2v) is 2.37. The Hall–Kier alpha value is -0.0151. The minimum absolute atomic E-state index is 0.0787. The first-order valence-electron chi connectivity index (χ1n) is 4.58. The van der Waals surface area contributed by atoms with Crippen LogP contribution in [0.15, 0.2) is 0 Å². The third kappa shape index (κ3) is 7.89. The molecule has 3 heteroatoms. The van der Waals surface area contributed by atoms with Crippen molar-refractivity contribution in [3.63, 3.8) is 0 Å². The van der Waals surface area contributed by atoms with Crippen molar-refractivity contribution in [1.82, 2.24) is 0 Å². The van der Waals surface area contributed by atoms with Crippen LogP contribution in [-0.2, 0) is 0 Å². The van der Waals surface area contributed by atoms with E-state index in [1.807, 2.05) is 27.7 Å². The van der Waals surface area contributed by atoms with Gasteiger partial charge < -0.3 is 10.0 Å². The van der Waals surface area contributed by atoms with Crippen LogP contribution in [0.3, 0.4) is 0 Å². The van der Waals surface area contributed by atoms with Gasteiger partial charge in [-0.15, -0.1) is 0 Å². The van der Waals surface area contributed by atoms with E-state index < -0.39 is 7.12 Å². The molecule has 0 radical (unpaired) electrons. The first kappa shape index (κ1) is 13.6. The molecule has 0 rings (SSSR count). The van der Waals surface area contributed by atoms with E-state index in [0.717, 1.165) is 19.3 Å². The summed E-state index contributed by atoms with van der Waals surface area (Å²) in [5.74, 6) is 0.0787. The third-order valence-corrected chi connectivity index (χ3v) is 1.61. The van der Waals surface area contributed by atoms with Gasteiger partial charge in [-0.2, -0.15) is 0 Å². The summed E-state index contributed by atoms with van der Waals surface area (Å²) in [6, 6.07) is 0. The average molecular weight is 160 g/mol. The molecule has 0 aromatic rings. The quantitative estimate of drug-likeness (QED) is 0.618. The van der Waals surface area contributed by atoms with E-state index in [1.54, 1.807) is 0 Å². The molecule has 0 fully saturated rings. The van der Waals surface area contributed by atoms with Gasteiger partial charge in [0.05, 0.1) is 0 Å². The molecule has 1 atom stereocenters. The third-order valence-electron chi connectivity index (χ3n) is 1.61. The Morgan fingerprint density at radius 1 is 1.18 bits per heavy atom. The Morgan fingerprint density at radius 3 is 1.73 bits per heavy atom. The first-order chi connectivity index (χ1) is 5.22. The van der Waals surface area contributed by atoms with Crippen LogP contribution in [0.1, 0.15) is 47.0 Å². The van der Waals surface area contributed by atoms with Gasteiger partial charge in [0.15, 0.2) is 0 Å². The first-order valence-corrected chi connectivity index (χ1v) is 4.58. The molecule has 11 heavy (non-hydrogen) atoms. The molecular formula is C8H21BO2. The van der Waals surface area contributed by atoms with Gasteiger partial charge in [-0.1, -0.05) is 47.0 Å². The maximum atomic E-state index is 8.70. The van der Waals surface area contributed by atoms with Crippen LogP contribution in [0.4, 0.5) is 0 Å². The monoisotopic (exact) mass is 160 g/mol. The SMILES string of the molecule is CC.CCCC(CC)B(O)O. The predicted molar refractivity (Wildman–Crippen MR) is 50.5 cm³/mol. The number of hydrogen-bond donors (Lipinski definition) is 2. The summed E-state index contributed by atoms with van der Waals surface area (Å²) < 4.78 is 0. The molecule has 1 unspecified atom stereocenters. The van der Waals surface area contributed by atoms with Crippen LogP contribution in [0.25, 0.3) is 0 Å². The van der Waals surface area contributed by atoms with E-state index in [4.69, 9.17) is 10.0 Å². The zero-order valence-electron chi connectivity index (χ0n) is 8.17. The molecule has 0 amide bonds. The lowest BCUT2D eigenvalue weighted by Crippen LogP contribution is -2.19. The molecule has 0 bridgehead atoms. The summed E-state index contributed by atoms with van der Waals surface area (Å²) in [7, 11) is -1.12. The van der Waals surface area contributed by atoms with Gasteiger partial charge in [0.1, 0.15) is 0 Å². The fraction of sp³-hybridized carbons (Fsp3) is 1.00. The highest BCUT2D eigenvalue weighted by molar-refractivity contribution is 6.43. The van der Waals surface area contributed by atoms with Crippen molar-refractivity contribution in [2.75, 3.05) is 0 Å². The molecule has 0 spiro atoms. The van der Waals surface area contributed by atoms with E-state index in [1.165, 1.54) is 0 Å². The molecule has 0 aliphatic carbocycles. The summed E-state index contributed by atoms with van der Waals surface area (Å²) in [6.45, 7) is 8.02. The van der Waals surface area contributed by atoms with Crippen molar-refractivity contribution in [2.45, 2.75) is 52.8 Å². The van der Waals surface area contributed by atoms with Crippen LogP contribution in [0, 0.1) is 0 Å². The minimum atomic E-state index is -1.12. The summed E-state index contributed by atoms with van der Waals surface area (Å²) in [6.07, 6.45) is 2.79. The zero-order chi connectivity index (χ0) is 9.28. The Morgan fingerprint density at radius 2 is 1.64 bits per heavy atom. The fourth-order valence-electron chi connectivity index (χ4n) is 0.935. The summed E-state index contributed by atoms with van der Waals surface area (Å²) in [5.41, 5.74) is 0. The molecule has 2 N–H and O–H groups in total. The lowest BCUT2D eigenvalue weighted by molar-refractivity contribution is 0.374. The van der Waals surface area contributed by atoms with Gasteiger partial charge in [-0.3, -0.25) is 0 Å². The Labute approximate surface area is 70.8 Å². The molecule has 0 aromatic carbocycles. The summed E-state index contributed by atoms with van der Waals surface area (Å²) in [4.78, 5) is 0. The molecule has 0 saturated heterocycles. The number of rotatable bonds is 4. The molecule has 0 aliphatic heterocycles. The minimum Gasteiger partial charge on any atom is -0.427 e. The lowest BCUT2D eigenvalue weighted by atomic mass is 9.69. The van der Waals surface area contributed by atoms with Crippen molar-refractivity contribution in [3.05, 3.63) is 0 Å². The molecule has 0 saturated carbocycles. The molecule has 0 aliphatic rings. The lowest BCUT2D eigenvalue weighted by Gasteiger charge is -2.10. The van der Waals surface area contributed by atoms with Crippen LogP contribution in [0.2, 0.25) is 5.82 Å². The summed E-state index contributed by atoms with van der Waals surface area (Å²) in [5, 5.41) is 17.4. The van der Waals surface area contributed by atoms with Gasteiger partial charge >= 0.3 is 7.12 Å². The molecule has 0 heterocycles. The standard InChI is InChI=1S/C6H15BO2.C2H6/c1-3-5-6(4-2)7(8)9;1-2/h6,8-9H,3-5H2,1-2H3;1-2H3. The maximum Gasteiger partial charge on any atom is 0.454 e. The largest absolute Gasteiger partial charge is 0.454 e. The normalized spacial score (nSPS) is 11.5. The van der Waals surface area contributed by atoms with Crippen molar-refractivity contribution < 1.29 is 10.0 Å². The van der Waals surface area contributed by atoms with Crippen LogP contribution >= 0.6 is 0 Å². The van der Waals surface area contributed by atoms with Gasteiger partial charge in [0, 0.05) is 0 Å². The highest BCUT2D eigenvalue weighted by atomic mass is 16.4. The predicted octanol–water partition coefficient (Wildman–Crippen LogP) is 2.07. The molecule has 2 nitrogen and oxygen atoms in total. The second kappa shape index (κ2) is 9.98. The Kier molecular flexibility index (Phi) is 12.3. The average Bonchev–Trinajstić information content (AvgIpc) is 2.03. The van der Waals surface area contributed by atoms with Crippen molar-refractivity contribution in [3.8, 4) is 0 Å². The van der Waals surface area contributed by atoms with E-state index in [2.05, 4.69) is 0 Å². The maximum absolute atomic E-state index is 8.70. The van der Waals surface area contributed by atoms with Crippen LogP contribution in [0.5, 0.6) is 0 Å². The van der Waals surface area contributed by atoms with Crippen molar-refractivity contribution >= 4 is 7.12 Å². The Bertz CT molecular complexity index is 67.1. The van der Waals surface area contributed by atoms with Crippen molar-refractivity contribution in [2.24, 2.45) is 0 Å². The molecular weight excluding hydrogens is 139 g/mol. The Balaban J connectivity index is 0. The van der Waals surface area contributed by atoms with Crippen molar-refractivity contribution in [1.29, 1.82) is 0 Å². The highest BCUT2D eigenvalue weighted by Gasteiger charge is 2.19. The van der Waals surface area contributed by atoms with E-state index in [0.29, 0.717) is 0 Å². The van der Waals surface area contributed by atoms with Gasteiger partial charge in [-0.05, 0) is 5.82 Å². The van der Waals surface area contributed by atoms with E-state index >= 15 is 0 Å². The fourth-order valence-corrected chi connectivity index (χ4v) is 0.935. The molecule has 68 valence electrons. The smallest absolute Gasteiger partial charge is 0.427 e. The highest BCUT2D eigenvalue weighted by Crippen LogP contribution is 2.17. The molecule has 0 aromatic heterocycles. The van der Waals surface area contributed by atoms with E-state index in [9.17, 15) is 0 Å². The topological polar surface area (TPSA) is 40.5 Å². The zero-order valence-corrected chi connectivity index (χ0v) is 8.17. The van der Waals surface area contributed by atoms with E-state index in [-0.39, 0.29) is 5.82 Å². The van der Waals surface area contributed by atoms with Crippen LogP contribution in [-0.4, -0.2) is 17.2 Å².